The number of likely N-dealkylation sites (N-methyl/N-ethyl adjacent to an activating group) is 1. The van der Waals surface area contributed by atoms with Gasteiger partial charge in [0.25, 0.3) is 0 Å². The van der Waals surface area contributed by atoms with Crippen LogP contribution in [0.4, 0.5) is 0 Å². The molecule has 3 aliphatic heterocycles. The summed E-state index contributed by atoms with van der Waals surface area (Å²) in [6.07, 6.45) is -9.71. The van der Waals surface area contributed by atoms with E-state index in [1.807, 2.05) is 25.9 Å². The molecule has 0 amide bonds. The van der Waals surface area contributed by atoms with E-state index in [1.165, 1.54) is 27.9 Å². The zero-order chi connectivity index (χ0) is 39.0. The molecule has 0 aromatic carbocycles. The lowest BCUT2D eigenvalue weighted by molar-refractivity contribution is -0.318. The molecule has 3 heterocycles. The lowest BCUT2D eigenvalue weighted by Gasteiger charge is -2.49. The van der Waals surface area contributed by atoms with Crippen molar-refractivity contribution >= 4 is 11.8 Å². The molecule has 14 heteroatoms. The van der Waals surface area contributed by atoms with Crippen LogP contribution in [0.2, 0.25) is 0 Å². The van der Waals surface area contributed by atoms with Gasteiger partial charge in [0.2, 0.25) is 0 Å². The Morgan fingerprint density at radius 3 is 2.04 bits per heavy atom. The SMILES string of the molecule is CC[C@H]1OC(=O)[C@H](C)[C@@H](O[C@@H]2C[C@](C)(OC)[C@H](O)[C@@H](C)O2)[C@H](C)[C@@H](O[C@@H]2O[C@H](C)C[C@H](N(C)C)[C@H]2O)[C@@](C)(O)C[C@@H](C)C(=O)[C@H](C)[C@@H](O)[C@@]1(C)O. The van der Waals surface area contributed by atoms with Crippen LogP contribution in [0.25, 0.3) is 0 Å². The molecule has 0 aromatic heterocycles. The second kappa shape index (κ2) is 17.0. The Kier molecular flexibility index (Phi) is 14.7. The normalized spacial score (nSPS) is 49.7. The first-order valence-corrected chi connectivity index (χ1v) is 18.5. The number of hydrogen-bond donors (Lipinski definition) is 5. The van der Waals surface area contributed by atoms with E-state index in [2.05, 4.69) is 0 Å². The average Bonchev–Trinajstić information content (AvgIpc) is 3.05. The number of esters is 1. The zero-order valence-corrected chi connectivity index (χ0v) is 32.9. The summed E-state index contributed by atoms with van der Waals surface area (Å²) in [5.41, 5.74) is -4.84. The molecule has 3 fully saturated rings. The summed E-state index contributed by atoms with van der Waals surface area (Å²) in [6, 6.07) is -0.324. The van der Waals surface area contributed by atoms with E-state index in [9.17, 15) is 35.1 Å². The first-order chi connectivity index (χ1) is 23.4. The minimum atomic E-state index is -1.99. The van der Waals surface area contributed by atoms with Gasteiger partial charge in [-0.05, 0) is 74.9 Å². The Bertz CT molecular complexity index is 1170. The summed E-state index contributed by atoms with van der Waals surface area (Å²) in [6.45, 7) is 16.3. The third-order valence-corrected chi connectivity index (χ3v) is 11.8. The zero-order valence-electron chi connectivity index (χ0n) is 32.9. The van der Waals surface area contributed by atoms with Crippen LogP contribution in [-0.2, 0) is 38.0 Å². The molecule has 3 saturated heterocycles. The van der Waals surface area contributed by atoms with Gasteiger partial charge in [-0.25, -0.2) is 0 Å². The lowest BCUT2D eigenvalue weighted by Crippen LogP contribution is -2.61. The summed E-state index contributed by atoms with van der Waals surface area (Å²) in [5.74, 6) is -4.98. The van der Waals surface area contributed by atoms with E-state index < -0.39 is 108 Å². The number of aliphatic hydroxyl groups excluding tert-OH is 3. The number of carbonyl (C=O) groups excluding carboxylic acids is 2. The highest BCUT2D eigenvalue weighted by Gasteiger charge is 2.53. The molecule has 3 aliphatic rings. The van der Waals surface area contributed by atoms with Gasteiger partial charge >= 0.3 is 5.97 Å². The first kappa shape index (κ1) is 44.1. The van der Waals surface area contributed by atoms with Crippen LogP contribution in [0.1, 0.15) is 94.9 Å². The summed E-state index contributed by atoms with van der Waals surface area (Å²) in [5, 5.41) is 57.6. The lowest BCUT2D eigenvalue weighted by atomic mass is 9.74. The summed E-state index contributed by atoms with van der Waals surface area (Å²) >= 11 is 0. The predicted octanol–water partition coefficient (Wildman–Crippen LogP) is 1.79. The molecular weight excluding hydrogens is 666 g/mol. The van der Waals surface area contributed by atoms with Crippen LogP contribution in [0, 0.1) is 23.7 Å². The van der Waals surface area contributed by atoms with Gasteiger partial charge in [0, 0.05) is 37.3 Å². The molecule has 0 unspecified atom stereocenters. The maximum Gasteiger partial charge on any atom is 0.311 e. The maximum atomic E-state index is 14.1. The van der Waals surface area contributed by atoms with Crippen LogP contribution < -0.4 is 0 Å². The fourth-order valence-corrected chi connectivity index (χ4v) is 8.41. The van der Waals surface area contributed by atoms with Crippen molar-refractivity contribution in [1.29, 1.82) is 0 Å². The minimum Gasteiger partial charge on any atom is -0.459 e. The van der Waals surface area contributed by atoms with E-state index in [0.29, 0.717) is 6.42 Å². The number of rotatable bonds is 7. The highest BCUT2D eigenvalue weighted by Crippen LogP contribution is 2.40. The molecule has 0 bridgehead atoms. The number of hydrogen-bond acceptors (Lipinski definition) is 14. The second-order valence-electron chi connectivity index (χ2n) is 16.5. The van der Waals surface area contributed by atoms with Crippen molar-refractivity contribution in [3.63, 3.8) is 0 Å². The fraction of sp³-hybridized carbons (Fsp3) is 0.946. The minimum absolute atomic E-state index is 0.0936. The Morgan fingerprint density at radius 1 is 0.882 bits per heavy atom. The Morgan fingerprint density at radius 2 is 1.49 bits per heavy atom. The highest BCUT2D eigenvalue weighted by molar-refractivity contribution is 5.83. The molecule has 18 atom stereocenters. The molecular formula is C37H67NO13. The summed E-state index contributed by atoms with van der Waals surface area (Å²) in [7, 11) is 5.18. The Labute approximate surface area is 304 Å². The number of Topliss-reactive ketones (excluding diaryl/α,β-unsaturated/α-hetero) is 1. The van der Waals surface area contributed by atoms with Crippen LogP contribution in [0.3, 0.4) is 0 Å². The smallest absolute Gasteiger partial charge is 0.311 e. The number of cyclic esters (lactones) is 1. The Hall–Kier alpha value is -1.30. The largest absolute Gasteiger partial charge is 0.459 e. The third-order valence-electron chi connectivity index (χ3n) is 11.8. The molecule has 5 N–H and O–H groups in total. The summed E-state index contributed by atoms with van der Waals surface area (Å²) in [4.78, 5) is 29.8. The first-order valence-electron chi connectivity index (χ1n) is 18.5. The topological polar surface area (TPSA) is 194 Å². The molecule has 0 aliphatic carbocycles. The second-order valence-corrected chi connectivity index (χ2v) is 16.5. The van der Waals surface area contributed by atoms with E-state index in [0.717, 1.165) is 0 Å². The van der Waals surface area contributed by atoms with Crippen molar-refractivity contribution in [3.05, 3.63) is 0 Å². The van der Waals surface area contributed by atoms with Gasteiger partial charge in [-0.3, -0.25) is 9.59 Å². The molecule has 0 saturated carbocycles. The van der Waals surface area contributed by atoms with E-state index in [-0.39, 0.29) is 31.4 Å². The number of aliphatic hydroxyl groups is 5. The maximum absolute atomic E-state index is 14.1. The van der Waals surface area contributed by atoms with Crippen LogP contribution >= 0.6 is 0 Å². The van der Waals surface area contributed by atoms with Crippen molar-refractivity contribution in [3.8, 4) is 0 Å². The van der Waals surface area contributed by atoms with Gasteiger partial charge in [-0.1, -0.05) is 27.7 Å². The Balaban J connectivity index is 2.18. The molecule has 14 nitrogen and oxygen atoms in total. The van der Waals surface area contributed by atoms with Crippen LogP contribution in [-0.4, -0.2) is 148 Å². The number of methoxy groups -OCH3 is 1. The quantitative estimate of drug-likeness (QED) is 0.238. The van der Waals surface area contributed by atoms with Gasteiger partial charge in [0.1, 0.15) is 29.7 Å². The fourth-order valence-electron chi connectivity index (χ4n) is 8.41. The molecule has 51 heavy (non-hydrogen) atoms. The highest BCUT2D eigenvalue weighted by atomic mass is 16.7. The number of ketones is 1. The molecule has 0 radical (unpaired) electrons. The van der Waals surface area contributed by atoms with Gasteiger partial charge in [-0.2, -0.15) is 0 Å². The number of ether oxygens (including phenoxy) is 6. The number of carbonyl (C=O) groups is 2. The van der Waals surface area contributed by atoms with Crippen molar-refractivity contribution < 1.29 is 63.5 Å². The molecule has 0 spiro atoms. The average molecular weight is 734 g/mol. The van der Waals surface area contributed by atoms with Crippen molar-refractivity contribution in [2.45, 2.75) is 179 Å². The van der Waals surface area contributed by atoms with E-state index in [4.69, 9.17) is 28.4 Å². The van der Waals surface area contributed by atoms with Crippen molar-refractivity contribution in [2.24, 2.45) is 23.7 Å². The van der Waals surface area contributed by atoms with E-state index >= 15 is 0 Å². The van der Waals surface area contributed by atoms with Crippen molar-refractivity contribution in [2.75, 3.05) is 21.2 Å². The van der Waals surface area contributed by atoms with Gasteiger partial charge in [0.05, 0.1) is 47.6 Å². The summed E-state index contributed by atoms with van der Waals surface area (Å²) < 4.78 is 37.1. The standard InChI is InChI=1S/C37H67NO13/c1-14-25-37(10,45)30(41)20(4)27(39)18(2)16-35(8,44)32(51-34-28(40)24(38(11)12)15-19(3)47-34)21(5)29(22(6)33(43)49-25)50-26-17-36(9,46-13)31(42)23(7)48-26/h18-26,28-32,34,40-42,44-45H,14-17H2,1-13H3/t18-,19-,20+,21+,22-,23-,24+,25-,26-,28-,29+,30-,31-,32-,34+,35+,36+,37+/m1/s1. The van der Waals surface area contributed by atoms with Gasteiger partial charge in [0.15, 0.2) is 12.6 Å². The molecule has 298 valence electrons. The molecule has 0 aromatic rings. The van der Waals surface area contributed by atoms with Crippen molar-refractivity contribution in [1.82, 2.24) is 4.90 Å². The van der Waals surface area contributed by atoms with Gasteiger partial charge in [-0.15, -0.1) is 0 Å². The van der Waals surface area contributed by atoms with Crippen LogP contribution in [0.15, 0.2) is 0 Å². The van der Waals surface area contributed by atoms with Gasteiger partial charge < -0.3 is 58.9 Å². The third kappa shape index (κ3) is 9.51. The van der Waals surface area contributed by atoms with Crippen LogP contribution in [0.5, 0.6) is 0 Å². The van der Waals surface area contributed by atoms with E-state index in [1.54, 1.807) is 41.5 Å². The number of nitrogens with zero attached hydrogens (tertiary/aromatic N) is 1. The monoisotopic (exact) mass is 733 g/mol. The molecule has 3 rings (SSSR count). The predicted molar refractivity (Wildman–Crippen MR) is 186 cm³/mol.